The number of nitrogens with zero attached hydrogens (tertiary/aromatic N) is 2. The van der Waals surface area contributed by atoms with E-state index < -0.39 is 5.54 Å². The van der Waals surface area contributed by atoms with Gasteiger partial charge in [-0.3, -0.25) is 4.79 Å². The number of rotatable bonds is 6. The summed E-state index contributed by atoms with van der Waals surface area (Å²) < 4.78 is 5.42. The number of hydrogen-bond donors (Lipinski definition) is 2. The van der Waals surface area contributed by atoms with Crippen LogP contribution in [0.2, 0.25) is 0 Å². The first-order valence-electron chi connectivity index (χ1n) is 8.24. The first-order valence-corrected chi connectivity index (χ1v) is 8.24. The number of nitrogens with two attached hydrogens (primary N) is 1. The number of hydrogen-bond acceptors (Lipinski definition) is 5. The van der Waals surface area contributed by atoms with Crippen molar-refractivity contribution < 1.29 is 9.32 Å². The Hall–Kier alpha value is -1.43. The minimum atomic E-state index is -0.467. The molecule has 6 nitrogen and oxygen atoms in total. The molecule has 1 atom stereocenters. The second-order valence-corrected chi connectivity index (χ2v) is 7.21. The monoisotopic (exact) mass is 308 g/mol. The molecule has 1 aromatic rings. The molecule has 1 unspecified atom stereocenters. The molecule has 1 aromatic heterocycles. The van der Waals surface area contributed by atoms with Crippen molar-refractivity contribution in [1.82, 2.24) is 15.5 Å². The Kier molecular flexibility index (Phi) is 5.21. The third-order valence-electron chi connectivity index (χ3n) is 4.23. The fraction of sp³-hybridized carbons (Fsp3) is 0.812. The molecule has 22 heavy (non-hydrogen) atoms. The van der Waals surface area contributed by atoms with Gasteiger partial charge in [0.15, 0.2) is 5.82 Å². The van der Waals surface area contributed by atoms with E-state index in [2.05, 4.69) is 15.5 Å². The maximum atomic E-state index is 12.0. The lowest BCUT2D eigenvalue weighted by molar-refractivity contribution is -0.123. The maximum Gasteiger partial charge on any atom is 0.249 e. The highest BCUT2D eigenvalue weighted by atomic mass is 16.5. The molecule has 2 rings (SSSR count). The van der Waals surface area contributed by atoms with Crippen molar-refractivity contribution >= 4 is 5.91 Å². The largest absolute Gasteiger partial charge is 0.344 e. The van der Waals surface area contributed by atoms with Gasteiger partial charge in [0.25, 0.3) is 0 Å². The van der Waals surface area contributed by atoms with E-state index in [1.165, 1.54) is 0 Å². The van der Waals surface area contributed by atoms with Gasteiger partial charge in [-0.15, -0.1) is 0 Å². The van der Waals surface area contributed by atoms with E-state index >= 15 is 0 Å². The third kappa shape index (κ3) is 3.85. The molecule has 0 aliphatic heterocycles. The smallest absolute Gasteiger partial charge is 0.249 e. The molecule has 124 valence electrons. The molecule has 0 aromatic carbocycles. The molecule has 3 N–H and O–H groups in total. The van der Waals surface area contributed by atoms with Crippen LogP contribution in [0, 0.1) is 11.8 Å². The molecule has 1 saturated carbocycles. The molecule has 0 bridgehead atoms. The van der Waals surface area contributed by atoms with Gasteiger partial charge in [0.05, 0.1) is 5.54 Å². The molecule has 0 saturated heterocycles. The Balaban J connectivity index is 2.12. The molecule has 1 heterocycles. The summed E-state index contributed by atoms with van der Waals surface area (Å²) >= 11 is 0. The molecular weight excluding hydrogens is 280 g/mol. The van der Waals surface area contributed by atoms with Crippen LogP contribution in [0.3, 0.4) is 0 Å². The summed E-state index contributed by atoms with van der Waals surface area (Å²) in [5, 5.41) is 7.08. The summed E-state index contributed by atoms with van der Waals surface area (Å²) in [6.07, 6.45) is 4.46. The Labute approximate surface area is 132 Å². The maximum absolute atomic E-state index is 12.0. The van der Waals surface area contributed by atoms with Crippen molar-refractivity contribution in [2.75, 3.05) is 0 Å². The van der Waals surface area contributed by atoms with Crippen molar-refractivity contribution in [1.29, 1.82) is 0 Å². The molecule has 0 radical (unpaired) electrons. The number of amides is 1. The van der Waals surface area contributed by atoms with E-state index in [0.717, 1.165) is 25.7 Å². The van der Waals surface area contributed by atoms with Gasteiger partial charge in [0, 0.05) is 6.42 Å². The molecule has 1 aliphatic rings. The fourth-order valence-corrected chi connectivity index (χ4v) is 2.91. The predicted octanol–water partition coefficient (Wildman–Crippen LogP) is 2.66. The van der Waals surface area contributed by atoms with Crippen LogP contribution in [0.4, 0.5) is 0 Å². The van der Waals surface area contributed by atoms with Gasteiger partial charge in [-0.05, 0) is 24.7 Å². The number of aromatic nitrogens is 2. The summed E-state index contributed by atoms with van der Waals surface area (Å²) in [5.41, 5.74) is 5.90. The van der Waals surface area contributed by atoms with Gasteiger partial charge in [-0.25, -0.2) is 0 Å². The van der Waals surface area contributed by atoms with Crippen LogP contribution in [0.5, 0.6) is 0 Å². The zero-order valence-electron chi connectivity index (χ0n) is 14.1. The fourth-order valence-electron chi connectivity index (χ4n) is 2.91. The van der Waals surface area contributed by atoms with Crippen molar-refractivity contribution in [3.63, 3.8) is 0 Å². The summed E-state index contributed by atoms with van der Waals surface area (Å²) in [6, 6.07) is -0.266. The van der Waals surface area contributed by atoms with Gasteiger partial charge in [0.1, 0.15) is 6.04 Å². The van der Waals surface area contributed by atoms with Crippen LogP contribution in [-0.4, -0.2) is 16.0 Å². The summed E-state index contributed by atoms with van der Waals surface area (Å²) in [7, 11) is 0. The van der Waals surface area contributed by atoms with Crippen molar-refractivity contribution in [2.24, 2.45) is 17.6 Å². The van der Waals surface area contributed by atoms with Crippen molar-refractivity contribution in [2.45, 2.75) is 71.4 Å². The van der Waals surface area contributed by atoms with Crippen LogP contribution < -0.4 is 11.1 Å². The molecule has 1 aliphatic carbocycles. The Morgan fingerprint density at radius 1 is 1.32 bits per heavy atom. The van der Waals surface area contributed by atoms with Gasteiger partial charge >= 0.3 is 0 Å². The second-order valence-electron chi connectivity index (χ2n) is 7.21. The molecule has 0 spiro atoms. The van der Waals surface area contributed by atoms with Gasteiger partial charge < -0.3 is 15.6 Å². The average molecular weight is 308 g/mol. The SMILES string of the molecule is CC(C)CC(=O)NC(c1nc(C2(N)CCCC2)no1)C(C)C. The molecular formula is C16H28N4O2. The average Bonchev–Trinajstić information content (AvgIpc) is 3.04. The van der Waals surface area contributed by atoms with Gasteiger partial charge in [0.2, 0.25) is 11.8 Å². The quantitative estimate of drug-likeness (QED) is 0.842. The molecule has 1 fully saturated rings. The van der Waals surface area contributed by atoms with E-state index in [-0.39, 0.29) is 17.9 Å². The predicted molar refractivity (Wildman–Crippen MR) is 83.8 cm³/mol. The third-order valence-corrected chi connectivity index (χ3v) is 4.23. The molecule has 1 amide bonds. The first kappa shape index (κ1) is 16.9. The Morgan fingerprint density at radius 3 is 2.50 bits per heavy atom. The summed E-state index contributed by atoms with van der Waals surface area (Å²) in [5.74, 6) is 1.53. The topological polar surface area (TPSA) is 94.0 Å². The standard InChI is InChI=1S/C16H28N4O2/c1-10(2)9-12(21)18-13(11(3)4)14-19-15(20-22-14)16(17)7-5-6-8-16/h10-11,13H,5-9,17H2,1-4H3,(H,18,21). The normalized spacial score (nSPS) is 18.9. The van der Waals surface area contributed by atoms with Gasteiger partial charge in [-0.1, -0.05) is 45.7 Å². The highest BCUT2D eigenvalue weighted by molar-refractivity contribution is 5.76. The number of carbonyl (C=O) groups excluding carboxylic acids is 1. The van der Waals surface area contributed by atoms with Crippen molar-refractivity contribution in [3.8, 4) is 0 Å². The van der Waals surface area contributed by atoms with E-state index in [9.17, 15) is 4.79 Å². The van der Waals surface area contributed by atoms with Crippen molar-refractivity contribution in [3.05, 3.63) is 11.7 Å². The van der Waals surface area contributed by atoms with Crippen LogP contribution in [0.25, 0.3) is 0 Å². The van der Waals surface area contributed by atoms with E-state index in [1.807, 2.05) is 27.7 Å². The highest BCUT2D eigenvalue weighted by Crippen LogP contribution is 2.35. The minimum Gasteiger partial charge on any atom is -0.344 e. The Morgan fingerprint density at radius 2 is 1.95 bits per heavy atom. The van der Waals surface area contributed by atoms with E-state index in [1.54, 1.807) is 0 Å². The Bertz CT molecular complexity index is 504. The highest BCUT2D eigenvalue weighted by Gasteiger charge is 2.37. The number of nitrogens with one attached hydrogen (secondary N) is 1. The first-order chi connectivity index (χ1) is 10.3. The lowest BCUT2D eigenvalue weighted by Crippen LogP contribution is -2.35. The zero-order valence-corrected chi connectivity index (χ0v) is 14.1. The second kappa shape index (κ2) is 6.77. The van der Waals surface area contributed by atoms with E-state index in [0.29, 0.717) is 24.1 Å². The number of carbonyl (C=O) groups is 1. The lowest BCUT2D eigenvalue weighted by atomic mass is 9.98. The van der Waals surface area contributed by atoms with Crippen LogP contribution >= 0.6 is 0 Å². The molecule has 6 heteroatoms. The minimum absolute atomic E-state index is 0.0109. The summed E-state index contributed by atoms with van der Waals surface area (Å²) in [6.45, 7) is 8.09. The van der Waals surface area contributed by atoms with Crippen LogP contribution in [-0.2, 0) is 10.3 Å². The lowest BCUT2D eigenvalue weighted by Gasteiger charge is -2.20. The van der Waals surface area contributed by atoms with E-state index in [4.69, 9.17) is 10.3 Å². The summed E-state index contributed by atoms with van der Waals surface area (Å²) in [4.78, 5) is 16.5. The van der Waals surface area contributed by atoms with Crippen LogP contribution in [0.15, 0.2) is 4.52 Å². The van der Waals surface area contributed by atoms with Gasteiger partial charge in [-0.2, -0.15) is 4.98 Å². The zero-order chi connectivity index (χ0) is 16.3. The van der Waals surface area contributed by atoms with Crippen LogP contribution in [0.1, 0.15) is 77.6 Å².